The number of benzene rings is 3. The van der Waals surface area contributed by atoms with E-state index in [2.05, 4.69) is 36.6 Å². The summed E-state index contributed by atoms with van der Waals surface area (Å²) >= 11 is 5.42. The maximum absolute atomic E-state index is 12.8. The lowest BCUT2D eigenvalue weighted by Gasteiger charge is -2.14. The van der Waals surface area contributed by atoms with Gasteiger partial charge in [-0.3, -0.25) is 10.1 Å². The molecule has 0 unspecified atom stereocenters. The summed E-state index contributed by atoms with van der Waals surface area (Å²) < 4.78 is 17.2. The van der Waals surface area contributed by atoms with Gasteiger partial charge in [0.15, 0.2) is 10.7 Å². The number of ether oxygens (including phenoxy) is 2. The van der Waals surface area contributed by atoms with Crippen molar-refractivity contribution in [1.29, 1.82) is 0 Å². The molecule has 1 amide bonds. The number of thiocarbonyl (C=S) groups is 1. The van der Waals surface area contributed by atoms with E-state index in [1.54, 1.807) is 37.4 Å². The van der Waals surface area contributed by atoms with Crippen molar-refractivity contribution in [3.8, 4) is 23.0 Å². The zero-order valence-electron chi connectivity index (χ0n) is 21.6. The summed E-state index contributed by atoms with van der Waals surface area (Å²) in [5.41, 5.74) is 4.52. The van der Waals surface area contributed by atoms with Crippen LogP contribution in [0.25, 0.3) is 22.6 Å². The summed E-state index contributed by atoms with van der Waals surface area (Å²) in [4.78, 5) is 17.5. The molecule has 0 bridgehead atoms. The summed E-state index contributed by atoms with van der Waals surface area (Å²) in [6.45, 7) is 8.22. The number of oxazole rings is 1. The van der Waals surface area contributed by atoms with Crippen LogP contribution in [0.4, 0.5) is 5.69 Å². The molecule has 0 fully saturated rings. The molecule has 0 aliphatic carbocycles. The summed E-state index contributed by atoms with van der Waals surface area (Å²) in [7, 11) is 1.57. The second-order valence-corrected chi connectivity index (χ2v) is 9.48. The van der Waals surface area contributed by atoms with Crippen molar-refractivity contribution in [3.05, 3.63) is 71.8 Å². The zero-order valence-corrected chi connectivity index (χ0v) is 22.4. The number of anilines is 1. The van der Waals surface area contributed by atoms with Gasteiger partial charge in [-0.1, -0.05) is 26.0 Å². The average Bonchev–Trinajstić information content (AvgIpc) is 3.31. The van der Waals surface area contributed by atoms with Crippen molar-refractivity contribution in [1.82, 2.24) is 10.3 Å². The number of amides is 1. The van der Waals surface area contributed by atoms with Crippen LogP contribution in [-0.2, 0) is 0 Å². The number of carbonyl (C=O) groups is 1. The van der Waals surface area contributed by atoms with Crippen LogP contribution in [0.15, 0.2) is 65.1 Å². The van der Waals surface area contributed by atoms with E-state index in [1.807, 2.05) is 32.0 Å². The summed E-state index contributed by atoms with van der Waals surface area (Å²) in [5.74, 6) is 1.76. The van der Waals surface area contributed by atoms with Gasteiger partial charge in [0.2, 0.25) is 5.89 Å². The molecule has 0 aliphatic rings. The maximum atomic E-state index is 12.8. The van der Waals surface area contributed by atoms with Gasteiger partial charge in [0.25, 0.3) is 5.91 Å². The first-order valence-corrected chi connectivity index (χ1v) is 12.7. The molecule has 0 radical (unpaired) electrons. The van der Waals surface area contributed by atoms with E-state index in [4.69, 9.17) is 31.1 Å². The van der Waals surface area contributed by atoms with E-state index in [0.717, 1.165) is 23.1 Å². The van der Waals surface area contributed by atoms with Crippen LogP contribution in [0.3, 0.4) is 0 Å². The lowest BCUT2D eigenvalue weighted by Crippen LogP contribution is -2.34. The van der Waals surface area contributed by atoms with Gasteiger partial charge in [-0.15, -0.1) is 0 Å². The third-order valence-electron chi connectivity index (χ3n) is 5.98. The molecule has 0 spiro atoms. The standard InChI is InChI=1S/C29H31N3O4S/c1-6-18(4)19-10-13-26-24(15-19)30-28(36-26)21-11-12-25(34-5)23(16-21)31-29(37)32-27(33)20-8-7-9-22(14-20)35-17(2)3/h7-18H,6H2,1-5H3,(H2,31,32,33,37)/t18-/m0/s1. The van der Waals surface area contributed by atoms with Crippen LogP contribution in [0.5, 0.6) is 11.5 Å². The van der Waals surface area contributed by atoms with Crippen molar-refractivity contribution in [2.45, 2.75) is 46.1 Å². The van der Waals surface area contributed by atoms with Crippen LogP contribution in [0.2, 0.25) is 0 Å². The highest BCUT2D eigenvalue weighted by Gasteiger charge is 2.15. The summed E-state index contributed by atoms with van der Waals surface area (Å²) in [5, 5.41) is 5.90. The van der Waals surface area contributed by atoms with Gasteiger partial charge >= 0.3 is 0 Å². The molecule has 7 nitrogen and oxygen atoms in total. The summed E-state index contributed by atoms with van der Waals surface area (Å²) in [6, 6.07) is 18.6. The van der Waals surface area contributed by atoms with E-state index >= 15 is 0 Å². The molecule has 1 atom stereocenters. The number of aromatic nitrogens is 1. The number of carbonyl (C=O) groups excluding carboxylic acids is 1. The van der Waals surface area contributed by atoms with E-state index in [9.17, 15) is 4.79 Å². The van der Waals surface area contributed by atoms with E-state index in [-0.39, 0.29) is 17.1 Å². The third kappa shape index (κ3) is 6.27. The minimum atomic E-state index is -0.349. The average molecular weight is 518 g/mol. The van der Waals surface area contributed by atoms with Crippen LogP contribution in [-0.4, -0.2) is 29.2 Å². The second-order valence-electron chi connectivity index (χ2n) is 9.07. The Morgan fingerprint density at radius 1 is 1.08 bits per heavy atom. The van der Waals surface area contributed by atoms with Crippen LogP contribution in [0, 0.1) is 0 Å². The quantitative estimate of drug-likeness (QED) is 0.245. The highest BCUT2D eigenvalue weighted by molar-refractivity contribution is 7.80. The van der Waals surface area contributed by atoms with Gasteiger partial charge in [-0.05, 0) is 92.5 Å². The second kappa shape index (κ2) is 11.4. The minimum Gasteiger partial charge on any atom is -0.495 e. The predicted octanol–water partition coefficient (Wildman–Crippen LogP) is 6.93. The molecule has 1 heterocycles. The number of rotatable bonds is 8. The van der Waals surface area contributed by atoms with Crippen molar-refractivity contribution >= 4 is 40.0 Å². The molecule has 37 heavy (non-hydrogen) atoms. The molecule has 192 valence electrons. The Balaban J connectivity index is 1.53. The van der Waals surface area contributed by atoms with E-state index in [1.165, 1.54) is 5.56 Å². The molecule has 8 heteroatoms. The number of nitrogens with zero attached hydrogens (tertiary/aromatic N) is 1. The minimum absolute atomic E-state index is 0.00370. The Kier molecular flexibility index (Phi) is 8.08. The smallest absolute Gasteiger partial charge is 0.257 e. The largest absolute Gasteiger partial charge is 0.495 e. The van der Waals surface area contributed by atoms with Crippen LogP contribution >= 0.6 is 12.2 Å². The Morgan fingerprint density at radius 2 is 1.89 bits per heavy atom. The molecule has 4 rings (SSSR count). The first-order valence-electron chi connectivity index (χ1n) is 12.2. The highest BCUT2D eigenvalue weighted by atomic mass is 32.1. The number of hydrogen-bond acceptors (Lipinski definition) is 6. The normalized spacial score (nSPS) is 11.8. The number of hydrogen-bond donors (Lipinski definition) is 2. The first-order chi connectivity index (χ1) is 17.8. The molecule has 2 N–H and O–H groups in total. The Morgan fingerprint density at radius 3 is 2.62 bits per heavy atom. The Bertz CT molecular complexity index is 1430. The monoisotopic (exact) mass is 517 g/mol. The predicted molar refractivity (Wildman–Crippen MR) is 151 cm³/mol. The Labute approximate surface area is 222 Å². The van der Waals surface area contributed by atoms with Crippen molar-refractivity contribution < 1.29 is 18.7 Å². The number of nitrogens with one attached hydrogen (secondary N) is 2. The van der Waals surface area contributed by atoms with Gasteiger partial charge in [0.05, 0.1) is 18.9 Å². The molecule has 0 saturated heterocycles. The topological polar surface area (TPSA) is 85.6 Å². The van der Waals surface area contributed by atoms with Crippen molar-refractivity contribution in [3.63, 3.8) is 0 Å². The lowest BCUT2D eigenvalue weighted by atomic mass is 9.98. The van der Waals surface area contributed by atoms with Crippen molar-refractivity contribution in [2.75, 3.05) is 12.4 Å². The Hall–Kier alpha value is -3.91. The first kappa shape index (κ1) is 26.2. The fourth-order valence-corrected chi connectivity index (χ4v) is 4.06. The lowest BCUT2D eigenvalue weighted by molar-refractivity contribution is 0.0977. The zero-order chi connectivity index (χ0) is 26.5. The summed E-state index contributed by atoms with van der Waals surface area (Å²) in [6.07, 6.45) is 1.06. The molecular weight excluding hydrogens is 486 g/mol. The van der Waals surface area contributed by atoms with E-state index < -0.39 is 0 Å². The van der Waals surface area contributed by atoms with Crippen LogP contribution in [0.1, 0.15) is 56.0 Å². The van der Waals surface area contributed by atoms with Gasteiger partial charge in [-0.2, -0.15) is 0 Å². The fourth-order valence-electron chi connectivity index (χ4n) is 3.86. The van der Waals surface area contributed by atoms with Gasteiger partial charge in [0, 0.05) is 11.1 Å². The number of fused-ring (bicyclic) bond motifs is 1. The van der Waals surface area contributed by atoms with Crippen LogP contribution < -0.4 is 20.1 Å². The van der Waals surface area contributed by atoms with Gasteiger partial charge < -0.3 is 19.2 Å². The highest BCUT2D eigenvalue weighted by Crippen LogP contribution is 2.33. The van der Waals surface area contributed by atoms with E-state index in [0.29, 0.717) is 34.6 Å². The third-order valence-corrected chi connectivity index (χ3v) is 6.19. The molecule has 1 aromatic heterocycles. The van der Waals surface area contributed by atoms with Gasteiger partial charge in [0.1, 0.15) is 17.0 Å². The molecule has 0 saturated carbocycles. The molecular formula is C29H31N3O4S. The fraction of sp³-hybridized carbons (Fsp3) is 0.276. The number of methoxy groups -OCH3 is 1. The molecule has 3 aromatic carbocycles. The SMILES string of the molecule is CC[C@H](C)c1ccc2oc(-c3ccc(OC)c(NC(=S)NC(=O)c4cccc(OC(C)C)c4)c3)nc2c1. The molecule has 4 aromatic rings. The molecule has 0 aliphatic heterocycles. The maximum Gasteiger partial charge on any atom is 0.257 e. The van der Waals surface area contributed by atoms with Crippen molar-refractivity contribution in [2.24, 2.45) is 0 Å². The van der Waals surface area contributed by atoms with Gasteiger partial charge in [-0.25, -0.2) is 4.98 Å².